The molecule has 0 bridgehead atoms. The number of nitrogens with zero attached hydrogens (tertiary/aromatic N) is 1. The van der Waals surface area contributed by atoms with Crippen LogP contribution in [0.25, 0.3) is 16.5 Å². The summed E-state index contributed by atoms with van der Waals surface area (Å²) in [6.45, 7) is 2.14. The SMILES string of the molecule is CCCc1ccc(SNC(=O)Nc2ccc(-n3ccc4cc(NC)c(F)cc4c3=O)cc2)s1. The molecule has 170 valence electrons. The van der Waals surface area contributed by atoms with E-state index in [2.05, 4.69) is 28.3 Å². The van der Waals surface area contributed by atoms with Gasteiger partial charge in [-0.15, -0.1) is 11.3 Å². The smallest absolute Gasteiger partial charge is 0.329 e. The molecule has 0 spiro atoms. The number of benzene rings is 2. The van der Waals surface area contributed by atoms with Crippen molar-refractivity contribution < 1.29 is 9.18 Å². The number of nitrogens with one attached hydrogen (secondary N) is 3. The van der Waals surface area contributed by atoms with Gasteiger partial charge in [0.2, 0.25) is 0 Å². The largest absolute Gasteiger partial charge is 0.386 e. The molecular formula is C24H23FN4O2S2. The summed E-state index contributed by atoms with van der Waals surface area (Å²) in [4.78, 5) is 26.4. The molecule has 0 fully saturated rings. The number of anilines is 2. The molecule has 33 heavy (non-hydrogen) atoms. The predicted octanol–water partition coefficient (Wildman–Crippen LogP) is 6.01. The Bertz CT molecular complexity index is 1350. The topological polar surface area (TPSA) is 75.2 Å². The second-order valence-corrected chi connectivity index (χ2v) is 9.61. The summed E-state index contributed by atoms with van der Waals surface area (Å²) >= 11 is 2.95. The first-order chi connectivity index (χ1) is 16.0. The Morgan fingerprint density at radius 2 is 1.91 bits per heavy atom. The number of aromatic nitrogens is 1. The number of thiophene rings is 1. The molecule has 2 aromatic carbocycles. The monoisotopic (exact) mass is 482 g/mol. The lowest BCUT2D eigenvalue weighted by atomic mass is 10.1. The van der Waals surface area contributed by atoms with Crippen LogP contribution >= 0.6 is 23.3 Å². The van der Waals surface area contributed by atoms with Crippen LogP contribution in [-0.2, 0) is 6.42 Å². The minimum absolute atomic E-state index is 0.295. The van der Waals surface area contributed by atoms with Crippen LogP contribution in [0.4, 0.5) is 20.6 Å². The van der Waals surface area contributed by atoms with Crippen molar-refractivity contribution in [2.75, 3.05) is 17.7 Å². The van der Waals surface area contributed by atoms with E-state index in [1.807, 2.05) is 6.07 Å². The Morgan fingerprint density at radius 1 is 1.12 bits per heavy atom. The number of pyridine rings is 1. The maximum atomic E-state index is 14.2. The molecule has 9 heteroatoms. The van der Waals surface area contributed by atoms with E-state index < -0.39 is 5.82 Å². The average molecular weight is 483 g/mol. The molecule has 2 heterocycles. The minimum Gasteiger partial charge on any atom is -0.386 e. The van der Waals surface area contributed by atoms with Crippen LogP contribution in [0.3, 0.4) is 0 Å². The Balaban J connectivity index is 1.44. The number of halogens is 1. The average Bonchev–Trinajstić information content (AvgIpc) is 3.26. The fraction of sp³-hybridized carbons (Fsp3) is 0.167. The van der Waals surface area contributed by atoms with Crippen molar-refractivity contribution in [2.45, 2.75) is 24.0 Å². The second kappa shape index (κ2) is 10.1. The zero-order valence-electron chi connectivity index (χ0n) is 18.1. The number of fused-ring (bicyclic) bond motifs is 1. The third-order valence-corrected chi connectivity index (χ3v) is 7.11. The molecule has 0 aliphatic rings. The van der Waals surface area contributed by atoms with Crippen LogP contribution in [0.15, 0.2) is 69.8 Å². The van der Waals surface area contributed by atoms with E-state index in [1.54, 1.807) is 61.0 Å². The van der Waals surface area contributed by atoms with Crippen molar-refractivity contribution in [2.24, 2.45) is 0 Å². The van der Waals surface area contributed by atoms with Crippen LogP contribution < -0.4 is 20.9 Å². The summed E-state index contributed by atoms with van der Waals surface area (Å²) in [7, 11) is 1.63. The molecule has 2 amide bonds. The highest BCUT2D eigenvalue weighted by molar-refractivity contribution is 7.99. The summed E-state index contributed by atoms with van der Waals surface area (Å²) in [6, 6.07) is 15.3. The summed E-state index contributed by atoms with van der Waals surface area (Å²) in [5, 5.41) is 6.50. The number of carbonyl (C=O) groups excluding carboxylic acids is 1. The molecule has 0 saturated carbocycles. The number of rotatable bonds is 7. The molecule has 6 nitrogen and oxygen atoms in total. The highest BCUT2D eigenvalue weighted by atomic mass is 32.2. The van der Waals surface area contributed by atoms with Crippen molar-refractivity contribution >= 4 is 51.5 Å². The second-order valence-electron chi connectivity index (χ2n) is 7.34. The quantitative estimate of drug-likeness (QED) is 0.282. The lowest BCUT2D eigenvalue weighted by Crippen LogP contribution is -2.22. The molecule has 0 aliphatic carbocycles. The third-order valence-electron chi connectivity index (χ3n) is 5.04. The molecule has 4 rings (SSSR count). The van der Waals surface area contributed by atoms with E-state index in [0.29, 0.717) is 27.8 Å². The van der Waals surface area contributed by atoms with E-state index in [4.69, 9.17) is 0 Å². The number of urea groups is 1. The number of carbonyl (C=O) groups is 1. The maximum absolute atomic E-state index is 14.2. The summed E-state index contributed by atoms with van der Waals surface area (Å²) in [5.41, 5.74) is 1.23. The van der Waals surface area contributed by atoms with Gasteiger partial charge >= 0.3 is 6.03 Å². The number of hydrogen-bond donors (Lipinski definition) is 3. The molecule has 4 aromatic rings. The van der Waals surface area contributed by atoms with Crippen molar-refractivity contribution in [3.8, 4) is 5.69 Å². The number of aryl methyl sites for hydroxylation is 1. The molecule has 3 N–H and O–H groups in total. The fourth-order valence-corrected chi connectivity index (χ4v) is 5.24. The zero-order chi connectivity index (χ0) is 23.4. The molecule has 0 aliphatic heterocycles. The summed E-state index contributed by atoms with van der Waals surface area (Å²) in [5.74, 6) is -0.479. The van der Waals surface area contributed by atoms with Crippen molar-refractivity contribution in [3.63, 3.8) is 0 Å². The van der Waals surface area contributed by atoms with E-state index in [0.717, 1.165) is 17.1 Å². The van der Waals surface area contributed by atoms with Crippen molar-refractivity contribution in [1.29, 1.82) is 0 Å². The van der Waals surface area contributed by atoms with E-state index in [-0.39, 0.29) is 11.6 Å². The first-order valence-corrected chi connectivity index (χ1v) is 12.1. The van der Waals surface area contributed by atoms with Crippen LogP contribution in [0.1, 0.15) is 18.2 Å². The summed E-state index contributed by atoms with van der Waals surface area (Å²) in [6.07, 6.45) is 3.78. The Morgan fingerprint density at radius 3 is 2.64 bits per heavy atom. The Kier molecular flexibility index (Phi) is 7.00. The molecule has 0 atom stereocenters. The van der Waals surface area contributed by atoms with Gasteiger partial charge in [-0.1, -0.05) is 13.3 Å². The van der Waals surface area contributed by atoms with Gasteiger partial charge in [0.1, 0.15) is 5.82 Å². The van der Waals surface area contributed by atoms with Gasteiger partial charge in [-0.25, -0.2) is 9.18 Å². The van der Waals surface area contributed by atoms with Gasteiger partial charge in [-0.3, -0.25) is 14.1 Å². The Labute approximate surface area is 199 Å². The van der Waals surface area contributed by atoms with Gasteiger partial charge in [0.25, 0.3) is 5.56 Å². The molecule has 0 saturated heterocycles. The maximum Gasteiger partial charge on any atom is 0.329 e. The first kappa shape index (κ1) is 22.9. The molecular weight excluding hydrogens is 459 g/mol. The van der Waals surface area contributed by atoms with Gasteiger partial charge in [0.05, 0.1) is 15.3 Å². The van der Waals surface area contributed by atoms with Crippen LogP contribution in [-0.4, -0.2) is 17.6 Å². The third kappa shape index (κ3) is 5.20. The Hall–Kier alpha value is -3.30. The van der Waals surface area contributed by atoms with E-state index in [9.17, 15) is 14.0 Å². The molecule has 0 radical (unpaired) electrons. The predicted molar refractivity (Wildman–Crippen MR) is 135 cm³/mol. The molecule has 0 unspecified atom stereocenters. The summed E-state index contributed by atoms with van der Waals surface area (Å²) < 4.78 is 19.4. The van der Waals surface area contributed by atoms with Gasteiger partial charge in [-0.2, -0.15) is 0 Å². The van der Waals surface area contributed by atoms with E-state index in [1.165, 1.54) is 27.5 Å². The highest BCUT2D eigenvalue weighted by Crippen LogP contribution is 2.26. The minimum atomic E-state index is -0.479. The van der Waals surface area contributed by atoms with Crippen molar-refractivity contribution in [1.82, 2.24) is 9.29 Å². The zero-order valence-corrected chi connectivity index (χ0v) is 19.8. The number of amides is 2. The highest BCUT2D eigenvalue weighted by Gasteiger charge is 2.10. The van der Waals surface area contributed by atoms with Gasteiger partial charge in [-0.05, 0) is 78.4 Å². The van der Waals surface area contributed by atoms with Crippen molar-refractivity contribution in [3.05, 3.63) is 81.8 Å². The van der Waals surface area contributed by atoms with Crippen LogP contribution in [0.5, 0.6) is 0 Å². The van der Waals surface area contributed by atoms with Gasteiger partial charge in [0.15, 0.2) is 0 Å². The van der Waals surface area contributed by atoms with Gasteiger partial charge in [0, 0.05) is 29.5 Å². The fourth-order valence-electron chi connectivity index (χ4n) is 3.41. The normalized spacial score (nSPS) is 10.9. The van der Waals surface area contributed by atoms with Crippen LogP contribution in [0.2, 0.25) is 0 Å². The lowest BCUT2D eigenvalue weighted by molar-refractivity contribution is 0.257. The molecule has 2 aromatic heterocycles. The van der Waals surface area contributed by atoms with Gasteiger partial charge < -0.3 is 10.6 Å². The number of hydrogen-bond acceptors (Lipinski definition) is 5. The lowest BCUT2D eigenvalue weighted by Gasteiger charge is -2.11. The van der Waals surface area contributed by atoms with E-state index >= 15 is 0 Å². The van der Waals surface area contributed by atoms with Crippen LogP contribution in [0, 0.1) is 5.82 Å². The standard InChI is InChI=1S/C24H23FN4O2S2/c1-3-4-18-9-10-22(32-18)33-28-24(31)27-16-5-7-17(8-6-16)29-12-11-15-13-21(26-2)20(25)14-19(15)23(29)30/h5-14,26H,3-4H2,1-2H3,(H2,27,28,31). The first-order valence-electron chi connectivity index (χ1n) is 10.4.